The largest absolute Gasteiger partial charge is 0.573 e. The molecule has 1 saturated carbocycles. The SMILES string of the molecule is CC(NC1COC2CC12)C(=O)Nc1cc(C(=O)Nc2ccc(-c3cc(F)cc(F)c3)nc2)ccc1OC(F)(F)F. The number of nitrogens with zero attached hydrogens (tertiary/aromatic N) is 1. The van der Waals surface area contributed by atoms with E-state index in [9.17, 15) is 31.5 Å². The van der Waals surface area contributed by atoms with Gasteiger partial charge in [0.15, 0.2) is 5.75 Å². The van der Waals surface area contributed by atoms with Crippen LogP contribution in [0.5, 0.6) is 5.75 Å². The summed E-state index contributed by atoms with van der Waals surface area (Å²) in [6.45, 7) is 2.01. The predicted molar refractivity (Wildman–Crippen MR) is 134 cm³/mol. The molecule has 8 nitrogen and oxygen atoms in total. The van der Waals surface area contributed by atoms with E-state index in [0.717, 1.165) is 42.8 Å². The number of nitrogens with one attached hydrogen (secondary N) is 3. The fourth-order valence-electron chi connectivity index (χ4n) is 4.49. The molecule has 1 aliphatic heterocycles. The Morgan fingerprint density at radius 3 is 2.40 bits per heavy atom. The van der Waals surface area contributed by atoms with E-state index in [0.29, 0.717) is 12.5 Å². The molecule has 1 aliphatic carbocycles. The molecule has 0 spiro atoms. The molecule has 2 aliphatic rings. The Labute approximate surface area is 224 Å². The highest BCUT2D eigenvalue weighted by atomic mass is 19.4. The van der Waals surface area contributed by atoms with Gasteiger partial charge >= 0.3 is 6.36 Å². The third-order valence-corrected chi connectivity index (χ3v) is 6.55. The van der Waals surface area contributed by atoms with E-state index in [1.54, 1.807) is 6.92 Å². The van der Waals surface area contributed by atoms with Crippen molar-refractivity contribution in [3.63, 3.8) is 0 Å². The van der Waals surface area contributed by atoms with Crippen LogP contribution in [0.15, 0.2) is 54.7 Å². The average Bonchev–Trinajstić information content (AvgIpc) is 3.56. The van der Waals surface area contributed by atoms with Crippen molar-refractivity contribution in [1.29, 1.82) is 0 Å². The van der Waals surface area contributed by atoms with Gasteiger partial charge in [-0.3, -0.25) is 14.6 Å². The fraction of sp³-hybridized carbons (Fsp3) is 0.296. The molecule has 2 fully saturated rings. The van der Waals surface area contributed by atoms with Crippen LogP contribution in [-0.4, -0.2) is 48.0 Å². The van der Waals surface area contributed by atoms with Crippen LogP contribution in [0.3, 0.4) is 0 Å². The standard InChI is InChI=1S/C27H23F5N4O4/c1-13(34-22-12-39-24-10-19(22)24)25(37)36-21-8-14(2-5-23(21)40-27(30,31)32)26(38)35-18-3-4-20(33-11-18)15-6-16(28)9-17(29)7-15/h2-9,11,13,19,22,24,34H,10,12H2,1H3,(H,35,38)(H,36,37). The minimum Gasteiger partial charge on any atom is -0.404 e. The summed E-state index contributed by atoms with van der Waals surface area (Å²) in [5.74, 6) is -3.26. The molecule has 3 aromatic rings. The van der Waals surface area contributed by atoms with Crippen molar-refractivity contribution in [2.45, 2.75) is 37.9 Å². The van der Waals surface area contributed by atoms with Gasteiger partial charge in [0, 0.05) is 29.2 Å². The Hall–Kier alpha value is -4.10. The number of pyridine rings is 1. The zero-order chi connectivity index (χ0) is 28.6. The molecule has 210 valence electrons. The number of amides is 2. The van der Waals surface area contributed by atoms with E-state index in [-0.39, 0.29) is 40.3 Å². The summed E-state index contributed by atoms with van der Waals surface area (Å²) in [6, 6.07) is 8.10. The number of halogens is 5. The molecular formula is C27H23F5N4O4. The Bertz CT molecular complexity index is 1410. The molecule has 1 saturated heterocycles. The summed E-state index contributed by atoms with van der Waals surface area (Å²) < 4.78 is 75.6. The molecule has 13 heteroatoms. The van der Waals surface area contributed by atoms with Crippen molar-refractivity contribution in [2.24, 2.45) is 5.92 Å². The van der Waals surface area contributed by atoms with Gasteiger partial charge in [-0.25, -0.2) is 8.78 Å². The van der Waals surface area contributed by atoms with Crippen molar-refractivity contribution < 1.29 is 41.0 Å². The van der Waals surface area contributed by atoms with Crippen molar-refractivity contribution in [1.82, 2.24) is 10.3 Å². The van der Waals surface area contributed by atoms with Gasteiger partial charge in [0.05, 0.1) is 42.0 Å². The molecule has 3 N–H and O–H groups in total. The number of aromatic nitrogens is 1. The molecular weight excluding hydrogens is 539 g/mol. The third-order valence-electron chi connectivity index (χ3n) is 6.55. The van der Waals surface area contributed by atoms with Crippen LogP contribution in [0.4, 0.5) is 33.3 Å². The number of carbonyl (C=O) groups is 2. The van der Waals surface area contributed by atoms with Crippen LogP contribution in [-0.2, 0) is 9.53 Å². The lowest BCUT2D eigenvalue weighted by molar-refractivity contribution is -0.274. The lowest BCUT2D eigenvalue weighted by Gasteiger charge is -2.21. The first kappa shape index (κ1) is 27.5. The van der Waals surface area contributed by atoms with Crippen molar-refractivity contribution in [3.05, 3.63) is 71.9 Å². The van der Waals surface area contributed by atoms with E-state index in [1.807, 2.05) is 0 Å². The number of hydrogen-bond donors (Lipinski definition) is 3. The molecule has 2 heterocycles. The van der Waals surface area contributed by atoms with E-state index in [4.69, 9.17) is 4.74 Å². The van der Waals surface area contributed by atoms with Crippen molar-refractivity contribution in [2.75, 3.05) is 17.2 Å². The van der Waals surface area contributed by atoms with Crippen LogP contribution in [0, 0.1) is 17.6 Å². The summed E-state index contributed by atoms with van der Waals surface area (Å²) >= 11 is 0. The Morgan fingerprint density at radius 2 is 1.80 bits per heavy atom. The Morgan fingerprint density at radius 1 is 1.05 bits per heavy atom. The van der Waals surface area contributed by atoms with E-state index in [1.165, 1.54) is 18.3 Å². The van der Waals surface area contributed by atoms with Gasteiger partial charge in [-0.05, 0) is 55.8 Å². The van der Waals surface area contributed by atoms with Crippen LogP contribution >= 0.6 is 0 Å². The van der Waals surface area contributed by atoms with Gasteiger partial charge in [-0.15, -0.1) is 13.2 Å². The summed E-state index contributed by atoms with van der Waals surface area (Å²) in [4.78, 5) is 29.7. The molecule has 0 radical (unpaired) electrons. The molecule has 2 amide bonds. The second kappa shape index (κ2) is 10.8. The molecule has 4 atom stereocenters. The number of benzene rings is 2. The number of alkyl halides is 3. The van der Waals surface area contributed by atoms with Gasteiger partial charge in [-0.1, -0.05) is 0 Å². The maximum absolute atomic E-state index is 13.5. The average molecular weight is 562 g/mol. The molecule has 4 unspecified atom stereocenters. The van der Waals surface area contributed by atoms with Crippen molar-refractivity contribution in [3.8, 4) is 17.0 Å². The van der Waals surface area contributed by atoms with E-state index < -0.39 is 41.6 Å². The maximum Gasteiger partial charge on any atom is 0.573 e. The minimum absolute atomic E-state index is 0.0336. The first-order chi connectivity index (χ1) is 18.9. The molecule has 2 aromatic carbocycles. The van der Waals surface area contributed by atoms with Crippen LogP contribution in [0.2, 0.25) is 0 Å². The summed E-state index contributed by atoms with van der Waals surface area (Å²) in [7, 11) is 0. The third kappa shape index (κ3) is 6.54. The monoisotopic (exact) mass is 562 g/mol. The van der Waals surface area contributed by atoms with Gasteiger partial charge in [-0.2, -0.15) is 0 Å². The van der Waals surface area contributed by atoms with Gasteiger partial charge in [0.1, 0.15) is 11.6 Å². The van der Waals surface area contributed by atoms with Gasteiger partial charge in [0.2, 0.25) is 5.91 Å². The number of fused-ring (bicyclic) bond motifs is 1. The summed E-state index contributed by atoms with van der Waals surface area (Å²) in [5, 5.41) is 8.07. The van der Waals surface area contributed by atoms with E-state index >= 15 is 0 Å². The Kier molecular flexibility index (Phi) is 7.43. The van der Waals surface area contributed by atoms with Gasteiger partial charge in [0.25, 0.3) is 5.91 Å². The second-order valence-electron chi connectivity index (χ2n) is 9.56. The zero-order valence-corrected chi connectivity index (χ0v) is 20.9. The number of carbonyl (C=O) groups excluding carboxylic acids is 2. The fourth-order valence-corrected chi connectivity index (χ4v) is 4.49. The summed E-state index contributed by atoms with van der Waals surface area (Å²) in [6.07, 6.45) is -2.70. The van der Waals surface area contributed by atoms with Gasteiger partial charge < -0.3 is 25.4 Å². The summed E-state index contributed by atoms with van der Waals surface area (Å²) in [5.41, 5.74) is 0.224. The number of ether oxygens (including phenoxy) is 2. The normalized spacial score (nSPS) is 20.4. The van der Waals surface area contributed by atoms with Crippen LogP contribution in [0.25, 0.3) is 11.3 Å². The smallest absolute Gasteiger partial charge is 0.404 e. The first-order valence-corrected chi connectivity index (χ1v) is 12.3. The topological polar surface area (TPSA) is 102 Å². The molecule has 5 rings (SSSR count). The number of anilines is 2. The second-order valence-corrected chi connectivity index (χ2v) is 9.56. The van der Waals surface area contributed by atoms with Crippen LogP contribution < -0.4 is 20.7 Å². The molecule has 40 heavy (non-hydrogen) atoms. The lowest BCUT2D eigenvalue weighted by atomic mass is 10.1. The Balaban J connectivity index is 1.29. The minimum atomic E-state index is -5.03. The van der Waals surface area contributed by atoms with Crippen molar-refractivity contribution >= 4 is 23.2 Å². The van der Waals surface area contributed by atoms with E-state index in [2.05, 4.69) is 25.7 Å². The highest BCUT2D eigenvalue weighted by molar-refractivity contribution is 6.06. The number of hydrogen-bond acceptors (Lipinski definition) is 6. The number of rotatable bonds is 8. The first-order valence-electron chi connectivity index (χ1n) is 12.3. The highest BCUT2D eigenvalue weighted by Crippen LogP contribution is 2.42. The predicted octanol–water partition coefficient (Wildman–Crippen LogP) is 4.88. The highest BCUT2D eigenvalue weighted by Gasteiger charge is 2.50. The molecule has 0 bridgehead atoms. The zero-order valence-electron chi connectivity index (χ0n) is 20.9. The lowest BCUT2D eigenvalue weighted by Crippen LogP contribution is -2.45. The quantitative estimate of drug-likeness (QED) is 0.339. The molecule has 1 aromatic heterocycles. The van der Waals surface area contributed by atoms with Crippen LogP contribution in [0.1, 0.15) is 23.7 Å². The maximum atomic E-state index is 13.5.